The van der Waals surface area contributed by atoms with E-state index in [2.05, 4.69) is 4.40 Å². The van der Waals surface area contributed by atoms with E-state index in [0.29, 0.717) is 0 Å². The minimum Gasteiger partial charge on any atom is -0.335 e. The third kappa shape index (κ3) is 4.76. The molecule has 0 amide bonds. The van der Waals surface area contributed by atoms with E-state index in [1.165, 1.54) is 18.2 Å². The number of hydrogen-bond donors (Lipinski definition) is 1. The SMILES string of the molecule is O=[N+]([O-])c1ccc(NC(=NS(=O)(=O)c2ccccc2)C(F)(F)F)cc1. The molecule has 0 atom stereocenters. The average molecular weight is 373 g/mol. The molecule has 132 valence electrons. The summed E-state index contributed by atoms with van der Waals surface area (Å²) in [5.41, 5.74) is -0.530. The molecule has 25 heavy (non-hydrogen) atoms. The molecule has 2 aromatic carbocycles. The molecular weight excluding hydrogens is 363 g/mol. The number of rotatable bonds is 4. The lowest BCUT2D eigenvalue weighted by Crippen LogP contribution is -2.31. The fraction of sp³-hybridized carbons (Fsp3) is 0.0714. The maximum atomic E-state index is 13.1. The highest BCUT2D eigenvalue weighted by Crippen LogP contribution is 2.23. The van der Waals surface area contributed by atoms with E-state index in [9.17, 15) is 31.7 Å². The number of benzene rings is 2. The Bertz CT molecular complexity index is 895. The van der Waals surface area contributed by atoms with Gasteiger partial charge in [-0.25, -0.2) is 0 Å². The molecule has 0 bridgehead atoms. The van der Waals surface area contributed by atoms with Crippen LogP contribution >= 0.6 is 0 Å². The second-order valence-electron chi connectivity index (χ2n) is 4.65. The molecule has 7 nitrogen and oxygen atoms in total. The lowest BCUT2D eigenvalue weighted by atomic mass is 10.3. The van der Waals surface area contributed by atoms with E-state index >= 15 is 0 Å². The standard InChI is InChI=1S/C14H10F3N3O4S/c15-14(16,17)13(18-10-6-8-11(9-7-10)20(21)22)19-25(23,24)12-4-2-1-3-5-12/h1-9H,(H,18,19). The minimum atomic E-state index is -5.08. The predicted octanol–water partition coefficient (Wildman–Crippen LogP) is 3.36. The Balaban J connectivity index is 2.38. The van der Waals surface area contributed by atoms with Gasteiger partial charge in [0, 0.05) is 17.8 Å². The number of nitro benzene ring substituents is 1. The van der Waals surface area contributed by atoms with Gasteiger partial charge in [-0.15, -0.1) is 4.40 Å². The normalized spacial score (nSPS) is 12.7. The Kier molecular flexibility index (Phi) is 5.07. The second kappa shape index (κ2) is 6.89. The zero-order chi connectivity index (χ0) is 18.7. The molecule has 0 fully saturated rings. The zero-order valence-corrected chi connectivity index (χ0v) is 13.1. The van der Waals surface area contributed by atoms with Crippen molar-refractivity contribution in [2.24, 2.45) is 4.40 Å². The number of anilines is 1. The summed E-state index contributed by atoms with van der Waals surface area (Å²) in [6, 6.07) is 10.4. The van der Waals surface area contributed by atoms with E-state index in [4.69, 9.17) is 0 Å². The van der Waals surface area contributed by atoms with Crippen LogP contribution in [0, 0.1) is 10.1 Å². The average Bonchev–Trinajstić information content (AvgIpc) is 2.54. The Morgan fingerprint density at radius 1 is 1.04 bits per heavy atom. The summed E-state index contributed by atoms with van der Waals surface area (Å²) < 4.78 is 66.1. The highest BCUT2D eigenvalue weighted by atomic mass is 32.2. The van der Waals surface area contributed by atoms with Crippen molar-refractivity contribution < 1.29 is 26.5 Å². The summed E-state index contributed by atoms with van der Waals surface area (Å²) in [5, 5.41) is 12.4. The number of alkyl halides is 3. The molecule has 1 N–H and O–H groups in total. The van der Waals surface area contributed by atoms with Gasteiger partial charge >= 0.3 is 6.18 Å². The van der Waals surface area contributed by atoms with Crippen molar-refractivity contribution in [3.05, 3.63) is 64.7 Å². The summed E-state index contributed by atoms with van der Waals surface area (Å²) in [6.07, 6.45) is -5.08. The summed E-state index contributed by atoms with van der Waals surface area (Å²) >= 11 is 0. The van der Waals surface area contributed by atoms with Crippen molar-refractivity contribution in [2.75, 3.05) is 5.32 Å². The number of non-ortho nitro benzene ring substituents is 1. The quantitative estimate of drug-likeness (QED) is 0.383. The van der Waals surface area contributed by atoms with Crippen LogP contribution < -0.4 is 5.32 Å². The maximum Gasteiger partial charge on any atom is 0.450 e. The zero-order valence-electron chi connectivity index (χ0n) is 12.3. The first-order valence-electron chi connectivity index (χ1n) is 6.58. The number of nitro groups is 1. The molecular formula is C14H10F3N3O4S. The Morgan fingerprint density at radius 3 is 2.08 bits per heavy atom. The molecule has 0 radical (unpaired) electrons. The number of nitrogens with zero attached hydrogens (tertiary/aromatic N) is 2. The first-order valence-corrected chi connectivity index (χ1v) is 8.02. The smallest absolute Gasteiger partial charge is 0.335 e. The van der Waals surface area contributed by atoms with Gasteiger partial charge in [-0.2, -0.15) is 21.6 Å². The molecule has 2 aromatic rings. The molecule has 0 heterocycles. The Morgan fingerprint density at radius 2 is 1.60 bits per heavy atom. The van der Waals surface area contributed by atoms with Gasteiger partial charge in [0.2, 0.25) is 5.84 Å². The largest absolute Gasteiger partial charge is 0.450 e. The molecule has 11 heteroatoms. The monoisotopic (exact) mass is 373 g/mol. The fourth-order valence-electron chi connectivity index (χ4n) is 1.71. The minimum absolute atomic E-state index is 0.204. The van der Waals surface area contributed by atoms with Crippen LogP contribution in [-0.4, -0.2) is 25.4 Å². The van der Waals surface area contributed by atoms with Crippen LogP contribution in [0.1, 0.15) is 0 Å². The molecule has 0 unspecified atom stereocenters. The molecule has 2 rings (SSSR count). The topological polar surface area (TPSA) is 102 Å². The van der Waals surface area contributed by atoms with Gasteiger partial charge in [-0.3, -0.25) is 10.1 Å². The van der Waals surface area contributed by atoms with Crippen molar-refractivity contribution in [1.29, 1.82) is 0 Å². The van der Waals surface area contributed by atoms with E-state index in [1.54, 1.807) is 0 Å². The molecule has 0 aromatic heterocycles. The fourth-order valence-corrected chi connectivity index (χ4v) is 2.71. The number of nitrogens with one attached hydrogen (secondary N) is 1. The van der Waals surface area contributed by atoms with E-state index < -0.39 is 31.9 Å². The van der Waals surface area contributed by atoms with Crippen molar-refractivity contribution in [3.63, 3.8) is 0 Å². The lowest BCUT2D eigenvalue weighted by molar-refractivity contribution is -0.384. The molecule has 0 aliphatic carbocycles. The predicted molar refractivity (Wildman–Crippen MR) is 83.8 cm³/mol. The van der Waals surface area contributed by atoms with Crippen molar-refractivity contribution in [3.8, 4) is 0 Å². The second-order valence-corrected chi connectivity index (χ2v) is 6.26. The third-order valence-electron chi connectivity index (χ3n) is 2.86. The number of amidine groups is 1. The third-order valence-corrected chi connectivity index (χ3v) is 4.15. The number of halogens is 3. The maximum absolute atomic E-state index is 13.1. The van der Waals surface area contributed by atoms with Crippen LogP contribution in [0.2, 0.25) is 0 Å². The molecule has 0 spiro atoms. The van der Waals surface area contributed by atoms with Gasteiger partial charge < -0.3 is 5.32 Å². The van der Waals surface area contributed by atoms with E-state index in [0.717, 1.165) is 36.4 Å². The summed E-state index contributed by atoms with van der Waals surface area (Å²) in [4.78, 5) is 9.42. The number of sulfonamides is 1. The Labute approximate surface area is 140 Å². The van der Waals surface area contributed by atoms with Gasteiger partial charge in [0.1, 0.15) is 0 Å². The van der Waals surface area contributed by atoms with Gasteiger partial charge in [-0.1, -0.05) is 18.2 Å². The van der Waals surface area contributed by atoms with Crippen LogP contribution in [0.5, 0.6) is 0 Å². The van der Waals surface area contributed by atoms with Gasteiger partial charge in [0.25, 0.3) is 15.7 Å². The van der Waals surface area contributed by atoms with E-state index in [1.807, 2.05) is 5.32 Å². The van der Waals surface area contributed by atoms with Crippen LogP contribution in [-0.2, 0) is 10.0 Å². The molecule has 0 aliphatic rings. The van der Waals surface area contributed by atoms with Crippen LogP contribution in [0.15, 0.2) is 63.9 Å². The lowest BCUT2D eigenvalue weighted by Gasteiger charge is -2.13. The van der Waals surface area contributed by atoms with Gasteiger partial charge in [0.15, 0.2) is 0 Å². The molecule has 0 aliphatic heterocycles. The number of hydrogen-bond acceptors (Lipinski definition) is 4. The van der Waals surface area contributed by atoms with Gasteiger partial charge in [-0.05, 0) is 24.3 Å². The Hall–Kier alpha value is -2.95. The van der Waals surface area contributed by atoms with Crippen molar-refractivity contribution in [2.45, 2.75) is 11.1 Å². The van der Waals surface area contributed by atoms with Crippen LogP contribution in [0.3, 0.4) is 0 Å². The van der Waals surface area contributed by atoms with Crippen molar-refractivity contribution in [1.82, 2.24) is 0 Å². The highest BCUT2D eigenvalue weighted by molar-refractivity contribution is 7.90. The first kappa shape index (κ1) is 18.4. The van der Waals surface area contributed by atoms with Crippen molar-refractivity contribution >= 4 is 27.2 Å². The molecule has 0 saturated carbocycles. The highest BCUT2D eigenvalue weighted by Gasteiger charge is 2.38. The van der Waals surface area contributed by atoms with E-state index in [-0.39, 0.29) is 11.4 Å². The summed E-state index contributed by atoms with van der Waals surface area (Å²) in [7, 11) is -4.59. The summed E-state index contributed by atoms with van der Waals surface area (Å²) in [6.45, 7) is 0. The van der Waals surface area contributed by atoms with Gasteiger partial charge in [0.05, 0.1) is 9.82 Å². The summed E-state index contributed by atoms with van der Waals surface area (Å²) in [5.74, 6) is -1.76. The first-order chi connectivity index (χ1) is 11.6. The van der Waals surface area contributed by atoms with Crippen LogP contribution in [0.4, 0.5) is 24.5 Å². The molecule has 0 saturated heterocycles. The van der Waals surface area contributed by atoms with Crippen LogP contribution in [0.25, 0.3) is 0 Å².